The quantitative estimate of drug-likeness (QED) is 0.310. The zero-order chi connectivity index (χ0) is 12.7. The first-order valence-corrected chi connectivity index (χ1v) is 8.16. The standard InChI is InChI=1S/C16H21IN/c1-11-8-13-10-15(18-6-4-3-5-7-18)16(17)14(13)9-12(11)2/h3-7,13-16H,8-10H2,1-2H3/q+1/t13-,14-,15-,16+/m0/s1. The van der Waals surface area contributed by atoms with Crippen LogP contribution in [-0.4, -0.2) is 3.92 Å². The topological polar surface area (TPSA) is 3.88 Å². The number of allylic oxidation sites excluding steroid dienone is 2. The molecule has 96 valence electrons. The molecule has 0 saturated heterocycles. The number of fused-ring (bicyclic) bond motifs is 1. The number of alkyl halides is 1. The van der Waals surface area contributed by atoms with E-state index in [1.165, 1.54) is 19.3 Å². The molecule has 1 saturated carbocycles. The molecule has 4 atom stereocenters. The van der Waals surface area contributed by atoms with Gasteiger partial charge < -0.3 is 0 Å². The average molecular weight is 354 g/mol. The molecule has 0 bridgehead atoms. The van der Waals surface area contributed by atoms with Crippen molar-refractivity contribution in [3.63, 3.8) is 0 Å². The van der Waals surface area contributed by atoms with Crippen molar-refractivity contribution in [3.05, 3.63) is 41.7 Å². The number of hydrogen-bond acceptors (Lipinski definition) is 0. The molecule has 2 aliphatic carbocycles. The Bertz CT molecular complexity index is 465. The number of rotatable bonds is 1. The minimum atomic E-state index is 0.695. The van der Waals surface area contributed by atoms with Gasteiger partial charge in [0.15, 0.2) is 18.4 Å². The summed E-state index contributed by atoms with van der Waals surface area (Å²) in [5.41, 5.74) is 3.30. The van der Waals surface area contributed by atoms with Gasteiger partial charge >= 0.3 is 0 Å². The van der Waals surface area contributed by atoms with Gasteiger partial charge in [0.25, 0.3) is 0 Å². The maximum absolute atomic E-state index is 2.71. The summed E-state index contributed by atoms with van der Waals surface area (Å²) in [6.45, 7) is 4.66. The Hall–Kier alpha value is -0.380. The zero-order valence-electron chi connectivity index (χ0n) is 11.1. The van der Waals surface area contributed by atoms with Crippen LogP contribution in [0.3, 0.4) is 0 Å². The highest BCUT2D eigenvalue weighted by molar-refractivity contribution is 14.1. The lowest BCUT2D eigenvalue weighted by atomic mass is 9.79. The molecule has 1 aromatic rings. The van der Waals surface area contributed by atoms with Crippen LogP contribution >= 0.6 is 22.6 Å². The smallest absolute Gasteiger partial charge is 0.170 e. The summed E-state index contributed by atoms with van der Waals surface area (Å²) in [6.07, 6.45) is 8.49. The molecule has 1 nitrogen and oxygen atoms in total. The van der Waals surface area contributed by atoms with E-state index in [9.17, 15) is 0 Å². The highest BCUT2D eigenvalue weighted by Crippen LogP contribution is 2.50. The van der Waals surface area contributed by atoms with E-state index in [1.807, 2.05) is 0 Å². The van der Waals surface area contributed by atoms with Crippen molar-refractivity contribution >= 4 is 22.6 Å². The summed E-state index contributed by atoms with van der Waals surface area (Å²) in [5, 5.41) is 0. The van der Waals surface area contributed by atoms with Gasteiger partial charge in [0, 0.05) is 18.6 Å². The fourth-order valence-corrected chi connectivity index (χ4v) is 5.20. The third kappa shape index (κ3) is 2.13. The van der Waals surface area contributed by atoms with Gasteiger partial charge in [-0.25, -0.2) is 4.57 Å². The zero-order valence-corrected chi connectivity index (χ0v) is 13.3. The first kappa shape index (κ1) is 12.6. The minimum absolute atomic E-state index is 0.695. The minimum Gasteiger partial charge on any atom is -0.201 e. The molecular weight excluding hydrogens is 333 g/mol. The van der Waals surface area contributed by atoms with Crippen molar-refractivity contribution < 1.29 is 4.57 Å². The van der Waals surface area contributed by atoms with Crippen molar-refractivity contribution in [2.45, 2.75) is 43.1 Å². The molecule has 2 aliphatic rings. The predicted octanol–water partition coefficient (Wildman–Crippen LogP) is 4.09. The van der Waals surface area contributed by atoms with E-state index in [2.05, 4.69) is 71.6 Å². The van der Waals surface area contributed by atoms with Crippen LogP contribution in [0.1, 0.15) is 39.2 Å². The molecule has 18 heavy (non-hydrogen) atoms. The van der Waals surface area contributed by atoms with Gasteiger partial charge in [-0.2, -0.15) is 0 Å². The molecule has 1 heterocycles. The molecule has 0 aliphatic heterocycles. The van der Waals surface area contributed by atoms with Crippen molar-refractivity contribution in [2.24, 2.45) is 11.8 Å². The molecule has 0 N–H and O–H groups in total. The summed E-state index contributed by atoms with van der Waals surface area (Å²) >= 11 is 2.71. The highest BCUT2D eigenvalue weighted by atomic mass is 127. The monoisotopic (exact) mass is 354 g/mol. The fraction of sp³-hybridized carbons (Fsp3) is 0.562. The van der Waals surface area contributed by atoms with Gasteiger partial charge in [0.1, 0.15) is 0 Å². The molecule has 0 spiro atoms. The van der Waals surface area contributed by atoms with Crippen LogP contribution < -0.4 is 4.57 Å². The second-order valence-electron chi connectivity index (χ2n) is 5.96. The Kier molecular flexibility index (Phi) is 3.48. The van der Waals surface area contributed by atoms with Crippen LogP contribution in [0.15, 0.2) is 41.7 Å². The van der Waals surface area contributed by atoms with Crippen LogP contribution in [0.2, 0.25) is 0 Å². The van der Waals surface area contributed by atoms with Crippen LogP contribution in [0, 0.1) is 11.8 Å². The van der Waals surface area contributed by atoms with Gasteiger partial charge in [0.2, 0.25) is 0 Å². The van der Waals surface area contributed by atoms with E-state index in [1.54, 1.807) is 11.1 Å². The van der Waals surface area contributed by atoms with Crippen molar-refractivity contribution in [1.29, 1.82) is 0 Å². The van der Waals surface area contributed by atoms with Crippen molar-refractivity contribution in [3.8, 4) is 0 Å². The van der Waals surface area contributed by atoms with E-state index < -0.39 is 0 Å². The predicted molar refractivity (Wildman–Crippen MR) is 82.7 cm³/mol. The highest BCUT2D eigenvalue weighted by Gasteiger charge is 2.47. The molecule has 1 aromatic heterocycles. The Morgan fingerprint density at radius 3 is 2.44 bits per heavy atom. The molecule has 2 heteroatoms. The lowest BCUT2D eigenvalue weighted by Gasteiger charge is -2.28. The van der Waals surface area contributed by atoms with E-state index in [-0.39, 0.29) is 0 Å². The molecule has 0 radical (unpaired) electrons. The molecule has 0 aromatic carbocycles. The summed E-state index contributed by atoms with van der Waals surface area (Å²) in [6, 6.07) is 7.11. The maximum Gasteiger partial charge on any atom is 0.170 e. The first-order valence-electron chi connectivity index (χ1n) is 6.92. The Labute approximate surface area is 123 Å². The van der Waals surface area contributed by atoms with Gasteiger partial charge in [-0.3, -0.25) is 0 Å². The summed E-state index contributed by atoms with van der Waals surface area (Å²) in [4.78, 5) is 0. The number of aromatic nitrogens is 1. The van der Waals surface area contributed by atoms with E-state index in [0.29, 0.717) is 6.04 Å². The largest absolute Gasteiger partial charge is 0.201 e. The fourth-order valence-electron chi connectivity index (χ4n) is 3.69. The SMILES string of the molecule is CC1=C(C)C[C@H]2[C@@H](C1)C[C@H]([n+]1ccccc1)[C@@H]2I. The van der Waals surface area contributed by atoms with Gasteiger partial charge in [-0.05, 0) is 38.5 Å². The van der Waals surface area contributed by atoms with E-state index >= 15 is 0 Å². The number of halogens is 1. The number of hydrogen-bond donors (Lipinski definition) is 0. The maximum atomic E-state index is 2.71. The first-order chi connectivity index (χ1) is 8.66. The normalized spacial score (nSPS) is 35.7. The summed E-state index contributed by atoms with van der Waals surface area (Å²) < 4.78 is 3.21. The summed E-state index contributed by atoms with van der Waals surface area (Å²) in [7, 11) is 0. The second kappa shape index (κ2) is 4.95. The van der Waals surface area contributed by atoms with Gasteiger partial charge in [-0.15, -0.1) is 0 Å². The third-order valence-corrected chi connectivity index (χ3v) is 6.64. The van der Waals surface area contributed by atoms with E-state index in [4.69, 9.17) is 0 Å². The lowest BCUT2D eigenvalue weighted by molar-refractivity contribution is -0.720. The molecule has 3 rings (SSSR count). The van der Waals surface area contributed by atoms with Crippen LogP contribution in [-0.2, 0) is 0 Å². The Balaban J connectivity index is 1.84. The lowest BCUT2D eigenvalue weighted by Crippen LogP contribution is -2.41. The number of pyridine rings is 1. The molecule has 1 fully saturated rings. The molecule has 0 unspecified atom stereocenters. The Morgan fingerprint density at radius 1 is 1.06 bits per heavy atom. The van der Waals surface area contributed by atoms with Crippen molar-refractivity contribution in [2.75, 3.05) is 0 Å². The summed E-state index contributed by atoms with van der Waals surface area (Å²) in [5.74, 6) is 1.81. The number of nitrogens with zero attached hydrogens (tertiary/aromatic N) is 1. The average Bonchev–Trinajstić information content (AvgIpc) is 2.69. The molecule has 0 amide bonds. The van der Waals surface area contributed by atoms with Crippen LogP contribution in [0.25, 0.3) is 0 Å². The van der Waals surface area contributed by atoms with Crippen LogP contribution in [0.5, 0.6) is 0 Å². The Morgan fingerprint density at radius 2 is 1.72 bits per heavy atom. The van der Waals surface area contributed by atoms with Crippen molar-refractivity contribution in [1.82, 2.24) is 0 Å². The third-order valence-electron chi connectivity index (χ3n) is 4.89. The van der Waals surface area contributed by atoms with Crippen LogP contribution in [0.4, 0.5) is 0 Å². The van der Waals surface area contributed by atoms with Gasteiger partial charge in [0.05, 0.1) is 3.92 Å². The van der Waals surface area contributed by atoms with Gasteiger partial charge in [-0.1, -0.05) is 39.8 Å². The second-order valence-corrected chi connectivity index (χ2v) is 7.40. The molecular formula is C16H21IN+. The van der Waals surface area contributed by atoms with E-state index in [0.717, 1.165) is 15.8 Å².